The molecular formula is C25H27ClN6O5. The van der Waals surface area contributed by atoms with Gasteiger partial charge in [0.05, 0.1) is 6.54 Å². The van der Waals surface area contributed by atoms with Crippen LogP contribution in [-0.2, 0) is 27.5 Å². The van der Waals surface area contributed by atoms with Gasteiger partial charge in [-0.1, -0.05) is 29.8 Å². The Kier molecular flexibility index (Phi) is 7.74. The van der Waals surface area contributed by atoms with Gasteiger partial charge in [0.2, 0.25) is 11.8 Å². The highest BCUT2D eigenvalue weighted by Crippen LogP contribution is 2.29. The number of aryl methyl sites for hydroxylation is 1. The lowest BCUT2D eigenvalue weighted by molar-refractivity contribution is -0.152. The number of piperidine rings is 1. The topological polar surface area (TPSA) is 154 Å². The Hall–Kier alpha value is -3.96. The van der Waals surface area contributed by atoms with Gasteiger partial charge in [-0.2, -0.15) is 0 Å². The molecule has 0 saturated carbocycles. The minimum atomic E-state index is -0.818. The fourth-order valence-electron chi connectivity index (χ4n) is 4.30. The van der Waals surface area contributed by atoms with Gasteiger partial charge in [0.1, 0.15) is 12.7 Å². The van der Waals surface area contributed by atoms with E-state index >= 15 is 0 Å². The van der Waals surface area contributed by atoms with Crippen molar-refractivity contribution in [1.29, 1.82) is 0 Å². The minimum Gasteiger partial charge on any atom is -0.337 e. The molecule has 4 rings (SSSR count). The van der Waals surface area contributed by atoms with Gasteiger partial charge in [-0.3, -0.25) is 24.1 Å². The molecule has 0 aromatic heterocycles. The summed E-state index contributed by atoms with van der Waals surface area (Å²) in [6.45, 7) is 1.74. The second-order valence-electron chi connectivity index (χ2n) is 8.87. The summed E-state index contributed by atoms with van der Waals surface area (Å²) in [5.74, 6) is -1.75. The normalized spacial score (nSPS) is 17.1. The fraction of sp³-hybridized carbons (Fsp3) is 0.320. The fourth-order valence-corrected chi connectivity index (χ4v) is 4.48. The van der Waals surface area contributed by atoms with Crippen LogP contribution in [0.5, 0.6) is 0 Å². The van der Waals surface area contributed by atoms with Gasteiger partial charge in [0.15, 0.2) is 0 Å². The largest absolute Gasteiger partial charge is 0.337 e. The number of carbonyl (C=O) groups excluding carboxylic acids is 5. The van der Waals surface area contributed by atoms with E-state index in [4.69, 9.17) is 17.3 Å². The number of nitrogens with two attached hydrogens (primary N) is 1. The molecule has 6 amide bonds. The summed E-state index contributed by atoms with van der Waals surface area (Å²) in [6.07, 6.45) is 0.280. The van der Waals surface area contributed by atoms with Crippen molar-refractivity contribution < 1.29 is 24.0 Å². The molecule has 0 aliphatic carbocycles. The molecule has 0 spiro atoms. The van der Waals surface area contributed by atoms with Crippen LogP contribution in [0.1, 0.15) is 39.9 Å². The van der Waals surface area contributed by atoms with Crippen LogP contribution in [0.25, 0.3) is 0 Å². The Morgan fingerprint density at radius 2 is 1.89 bits per heavy atom. The van der Waals surface area contributed by atoms with E-state index in [9.17, 15) is 24.0 Å². The molecule has 2 aromatic carbocycles. The van der Waals surface area contributed by atoms with Crippen molar-refractivity contribution in [2.24, 2.45) is 5.73 Å². The van der Waals surface area contributed by atoms with E-state index in [-0.39, 0.29) is 45.1 Å². The zero-order valence-electron chi connectivity index (χ0n) is 20.2. The molecule has 1 fully saturated rings. The first-order chi connectivity index (χ1) is 17.7. The summed E-state index contributed by atoms with van der Waals surface area (Å²) in [4.78, 5) is 64.5. The standard InChI is InChI=1S/C25H27ClN6O5/c1-14-2-4-17(9-19(14)26)30-25(37)28-11-15-3-5-18-16(8-15)12-31(23(18)35)20-6-7-22(34)32(24(20)36)13-29-21(33)10-27/h2-5,8-9,20H,6-7,10-13,27H2,1H3,(H,29,33)(H2,28,30,37). The molecule has 2 aliphatic rings. The van der Waals surface area contributed by atoms with E-state index < -0.39 is 29.8 Å². The Bertz CT molecular complexity index is 1280. The van der Waals surface area contributed by atoms with Crippen LogP contribution < -0.4 is 21.7 Å². The smallest absolute Gasteiger partial charge is 0.319 e. The molecule has 11 nitrogen and oxygen atoms in total. The molecular weight excluding hydrogens is 500 g/mol. The second-order valence-corrected chi connectivity index (χ2v) is 9.28. The van der Waals surface area contributed by atoms with E-state index in [1.165, 1.54) is 4.90 Å². The summed E-state index contributed by atoms with van der Waals surface area (Å²) in [5.41, 5.74) is 8.70. The number of carbonyl (C=O) groups is 5. The van der Waals surface area contributed by atoms with Crippen molar-refractivity contribution in [3.8, 4) is 0 Å². The third-order valence-corrected chi connectivity index (χ3v) is 6.77. The first-order valence-corrected chi connectivity index (χ1v) is 12.1. The number of hydrogen-bond acceptors (Lipinski definition) is 6. The number of benzene rings is 2. The Labute approximate surface area is 218 Å². The van der Waals surface area contributed by atoms with Crippen molar-refractivity contribution in [2.75, 3.05) is 18.5 Å². The van der Waals surface area contributed by atoms with Gasteiger partial charge in [-0.25, -0.2) is 4.79 Å². The van der Waals surface area contributed by atoms with Crippen molar-refractivity contribution in [2.45, 2.75) is 38.9 Å². The van der Waals surface area contributed by atoms with Crippen molar-refractivity contribution in [3.05, 3.63) is 63.7 Å². The van der Waals surface area contributed by atoms with E-state index in [1.807, 2.05) is 19.1 Å². The number of halogens is 1. The Morgan fingerprint density at radius 3 is 2.62 bits per heavy atom. The summed E-state index contributed by atoms with van der Waals surface area (Å²) < 4.78 is 0. The minimum absolute atomic E-state index is 0.0749. The van der Waals surface area contributed by atoms with E-state index in [0.29, 0.717) is 16.3 Å². The van der Waals surface area contributed by atoms with Crippen molar-refractivity contribution in [3.63, 3.8) is 0 Å². The number of likely N-dealkylation sites (tertiary alicyclic amines) is 1. The van der Waals surface area contributed by atoms with Gasteiger partial charge < -0.3 is 26.6 Å². The number of hydrogen-bond donors (Lipinski definition) is 4. The molecule has 1 saturated heterocycles. The molecule has 0 radical (unpaired) electrons. The molecule has 2 aliphatic heterocycles. The van der Waals surface area contributed by atoms with Gasteiger partial charge in [-0.15, -0.1) is 0 Å². The summed E-state index contributed by atoms with van der Waals surface area (Å²) in [6, 6.07) is 9.23. The van der Waals surface area contributed by atoms with E-state index in [1.54, 1.807) is 24.3 Å². The maximum atomic E-state index is 13.1. The first kappa shape index (κ1) is 26.1. The number of amides is 6. The zero-order chi connectivity index (χ0) is 26.7. The van der Waals surface area contributed by atoms with Gasteiger partial charge >= 0.3 is 6.03 Å². The molecule has 12 heteroatoms. The lowest BCUT2D eigenvalue weighted by atomic mass is 10.0. The summed E-state index contributed by atoms with van der Waals surface area (Å²) in [5, 5.41) is 8.47. The number of fused-ring (bicyclic) bond motifs is 1. The highest BCUT2D eigenvalue weighted by molar-refractivity contribution is 6.31. The third-order valence-electron chi connectivity index (χ3n) is 6.36. The van der Waals surface area contributed by atoms with Crippen LogP contribution in [0.4, 0.5) is 10.5 Å². The van der Waals surface area contributed by atoms with Crippen LogP contribution >= 0.6 is 11.6 Å². The molecule has 1 unspecified atom stereocenters. The van der Waals surface area contributed by atoms with Crippen LogP contribution in [0.3, 0.4) is 0 Å². The van der Waals surface area contributed by atoms with Gasteiger partial charge in [-0.05, 0) is 48.2 Å². The molecule has 37 heavy (non-hydrogen) atoms. The lowest BCUT2D eigenvalue weighted by Gasteiger charge is -2.35. The molecule has 2 heterocycles. The van der Waals surface area contributed by atoms with Crippen LogP contribution in [-0.4, -0.2) is 58.7 Å². The maximum Gasteiger partial charge on any atom is 0.319 e. The lowest BCUT2D eigenvalue weighted by Crippen LogP contribution is -2.57. The zero-order valence-corrected chi connectivity index (χ0v) is 20.9. The predicted molar refractivity (Wildman–Crippen MR) is 135 cm³/mol. The highest BCUT2D eigenvalue weighted by atomic mass is 35.5. The number of nitrogens with zero attached hydrogens (tertiary/aromatic N) is 2. The number of nitrogens with one attached hydrogen (secondary N) is 3. The molecule has 5 N–H and O–H groups in total. The van der Waals surface area contributed by atoms with Gasteiger partial charge in [0.25, 0.3) is 11.8 Å². The average molecular weight is 527 g/mol. The van der Waals surface area contributed by atoms with Crippen molar-refractivity contribution in [1.82, 2.24) is 20.4 Å². The third kappa shape index (κ3) is 5.73. The number of urea groups is 1. The van der Waals surface area contributed by atoms with Gasteiger partial charge in [0, 0.05) is 35.8 Å². The molecule has 0 bridgehead atoms. The average Bonchev–Trinajstić information content (AvgIpc) is 3.20. The monoisotopic (exact) mass is 526 g/mol. The summed E-state index contributed by atoms with van der Waals surface area (Å²) >= 11 is 6.10. The number of anilines is 1. The quantitative estimate of drug-likeness (QED) is 0.401. The predicted octanol–water partition coefficient (Wildman–Crippen LogP) is 1.48. The molecule has 1 atom stereocenters. The maximum absolute atomic E-state index is 13.1. The van der Waals surface area contributed by atoms with E-state index in [0.717, 1.165) is 21.6 Å². The second kappa shape index (κ2) is 11.0. The number of imide groups is 1. The Morgan fingerprint density at radius 1 is 1.11 bits per heavy atom. The highest BCUT2D eigenvalue weighted by Gasteiger charge is 2.42. The van der Waals surface area contributed by atoms with Crippen LogP contribution in [0.2, 0.25) is 5.02 Å². The van der Waals surface area contributed by atoms with Crippen LogP contribution in [0.15, 0.2) is 36.4 Å². The SMILES string of the molecule is Cc1ccc(NC(=O)NCc2ccc3c(c2)CN(C2CCC(=O)N(CNC(=O)CN)C2=O)C3=O)cc1Cl. The summed E-state index contributed by atoms with van der Waals surface area (Å²) in [7, 11) is 0. The Balaban J connectivity index is 1.38. The molecule has 194 valence electrons. The van der Waals surface area contributed by atoms with Crippen LogP contribution in [0, 0.1) is 6.92 Å². The van der Waals surface area contributed by atoms with Crippen molar-refractivity contribution >= 4 is 46.9 Å². The molecule has 2 aromatic rings. The number of rotatable bonds is 7. The van der Waals surface area contributed by atoms with E-state index in [2.05, 4.69) is 16.0 Å². The first-order valence-electron chi connectivity index (χ1n) is 11.7.